The zero-order chi connectivity index (χ0) is 21.2. The molecule has 2 aliphatic rings. The SMILES string of the molecule is CCOC(=O)C1=C(N2CCOCC2)C[C@](c2ccc(C)cc2)(C(F)(F)F)NC1=O. The number of aryl methyl sites for hydroxylation is 1. The fourth-order valence-corrected chi connectivity index (χ4v) is 3.64. The van der Waals surface area contributed by atoms with Crippen molar-refractivity contribution in [2.45, 2.75) is 32.0 Å². The molecule has 29 heavy (non-hydrogen) atoms. The topological polar surface area (TPSA) is 67.9 Å². The molecule has 0 unspecified atom stereocenters. The summed E-state index contributed by atoms with van der Waals surface area (Å²) in [6, 6.07) is 5.84. The van der Waals surface area contributed by atoms with Gasteiger partial charge in [0.15, 0.2) is 5.54 Å². The van der Waals surface area contributed by atoms with Crippen LogP contribution < -0.4 is 5.32 Å². The maximum Gasteiger partial charge on any atom is 0.416 e. The van der Waals surface area contributed by atoms with Crippen molar-refractivity contribution in [3.05, 3.63) is 46.7 Å². The third-order valence-electron chi connectivity index (χ3n) is 5.18. The Morgan fingerprint density at radius 3 is 2.41 bits per heavy atom. The van der Waals surface area contributed by atoms with Crippen LogP contribution in [0.2, 0.25) is 0 Å². The van der Waals surface area contributed by atoms with Gasteiger partial charge in [0, 0.05) is 25.2 Å². The molecule has 0 saturated carbocycles. The molecule has 2 aliphatic heterocycles. The molecule has 0 spiro atoms. The van der Waals surface area contributed by atoms with E-state index in [-0.39, 0.29) is 36.5 Å². The van der Waals surface area contributed by atoms with Gasteiger partial charge < -0.3 is 19.7 Å². The number of nitrogens with one attached hydrogen (secondary N) is 1. The van der Waals surface area contributed by atoms with Crippen molar-refractivity contribution in [3.8, 4) is 0 Å². The Morgan fingerprint density at radius 1 is 1.24 bits per heavy atom. The van der Waals surface area contributed by atoms with Gasteiger partial charge in [-0.3, -0.25) is 4.79 Å². The van der Waals surface area contributed by atoms with Crippen molar-refractivity contribution in [1.29, 1.82) is 0 Å². The first kappa shape index (κ1) is 21.2. The van der Waals surface area contributed by atoms with E-state index >= 15 is 0 Å². The van der Waals surface area contributed by atoms with Gasteiger partial charge >= 0.3 is 12.1 Å². The average Bonchev–Trinajstić information content (AvgIpc) is 2.67. The van der Waals surface area contributed by atoms with Gasteiger partial charge in [-0.05, 0) is 19.4 Å². The molecule has 2 heterocycles. The Balaban J connectivity index is 2.15. The highest BCUT2D eigenvalue weighted by molar-refractivity contribution is 6.17. The lowest BCUT2D eigenvalue weighted by Gasteiger charge is -2.44. The standard InChI is InChI=1S/C20H23F3N2O4/c1-3-29-18(27)16-15(25-8-10-28-11-9-25)12-19(20(21,22)23,24-17(16)26)14-6-4-13(2)5-7-14/h4-7H,3,8-12H2,1-2H3,(H,24,26)/t19-/m0/s1. The van der Waals surface area contributed by atoms with Crippen molar-refractivity contribution in [2.24, 2.45) is 0 Å². The molecule has 0 aliphatic carbocycles. The second-order valence-electron chi connectivity index (χ2n) is 7.04. The summed E-state index contributed by atoms with van der Waals surface area (Å²) in [7, 11) is 0. The van der Waals surface area contributed by atoms with Crippen LogP contribution in [0.5, 0.6) is 0 Å². The summed E-state index contributed by atoms with van der Waals surface area (Å²) in [4.78, 5) is 26.9. The molecular formula is C20H23F3N2O4. The molecule has 1 aromatic rings. The number of morpholine rings is 1. The van der Waals surface area contributed by atoms with Gasteiger partial charge in [-0.25, -0.2) is 4.79 Å². The summed E-state index contributed by atoms with van der Waals surface area (Å²) in [6.07, 6.45) is -5.38. The lowest BCUT2D eigenvalue weighted by molar-refractivity contribution is -0.205. The van der Waals surface area contributed by atoms with E-state index in [4.69, 9.17) is 9.47 Å². The molecule has 1 N–H and O–H groups in total. The molecule has 1 amide bonds. The van der Waals surface area contributed by atoms with Crippen molar-refractivity contribution in [2.75, 3.05) is 32.9 Å². The highest BCUT2D eigenvalue weighted by Crippen LogP contribution is 2.47. The summed E-state index contributed by atoms with van der Waals surface area (Å²) in [6.45, 7) is 4.51. The number of amides is 1. The lowest BCUT2D eigenvalue weighted by atomic mass is 9.79. The summed E-state index contributed by atoms with van der Waals surface area (Å²) in [5, 5.41) is 2.08. The molecule has 0 bridgehead atoms. The van der Waals surface area contributed by atoms with Crippen molar-refractivity contribution >= 4 is 11.9 Å². The van der Waals surface area contributed by atoms with Gasteiger partial charge in [-0.2, -0.15) is 13.2 Å². The van der Waals surface area contributed by atoms with Crippen LogP contribution in [0.15, 0.2) is 35.5 Å². The molecule has 1 aromatic carbocycles. The number of benzene rings is 1. The lowest BCUT2D eigenvalue weighted by Crippen LogP contribution is -2.61. The van der Waals surface area contributed by atoms with Gasteiger partial charge in [0.05, 0.1) is 19.8 Å². The molecule has 158 valence electrons. The summed E-state index contributed by atoms with van der Waals surface area (Å²) in [5.41, 5.74) is -2.27. The van der Waals surface area contributed by atoms with Gasteiger partial charge in [0.2, 0.25) is 0 Å². The summed E-state index contributed by atoms with van der Waals surface area (Å²) < 4.78 is 53.4. The number of rotatable bonds is 4. The first-order chi connectivity index (χ1) is 13.7. The number of alkyl halides is 3. The zero-order valence-electron chi connectivity index (χ0n) is 16.3. The fourth-order valence-electron chi connectivity index (χ4n) is 3.64. The average molecular weight is 412 g/mol. The minimum absolute atomic E-state index is 0.00831. The normalized spacial score (nSPS) is 23.1. The highest BCUT2D eigenvalue weighted by atomic mass is 19.4. The van der Waals surface area contributed by atoms with Crippen LogP contribution >= 0.6 is 0 Å². The Labute approximate surface area is 166 Å². The summed E-state index contributed by atoms with van der Waals surface area (Å²) in [5.74, 6) is -2.01. The largest absolute Gasteiger partial charge is 0.462 e. The second-order valence-corrected chi connectivity index (χ2v) is 7.04. The number of nitrogens with zero attached hydrogens (tertiary/aromatic N) is 1. The molecule has 0 radical (unpaired) electrons. The van der Waals surface area contributed by atoms with Crippen LogP contribution in [-0.2, 0) is 24.6 Å². The molecule has 1 atom stereocenters. The highest BCUT2D eigenvalue weighted by Gasteiger charge is 2.60. The minimum Gasteiger partial charge on any atom is -0.462 e. The van der Waals surface area contributed by atoms with Gasteiger partial charge in [0.25, 0.3) is 5.91 Å². The predicted molar refractivity (Wildman–Crippen MR) is 97.7 cm³/mol. The first-order valence-corrected chi connectivity index (χ1v) is 9.39. The molecule has 3 rings (SSSR count). The third kappa shape index (κ3) is 3.96. The van der Waals surface area contributed by atoms with E-state index in [9.17, 15) is 22.8 Å². The quantitative estimate of drug-likeness (QED) is 0.608. The Hall–Kier alpha value is -2.55. The van der Waals surface area contributed by atoms with Crippen LogP contribution in [-0.4, -0.2) is 55.9 Å². The fraction of sp³-hybridized carbons (Fsp3) is 0.500. The molecule has 0 aromatic heterocycles. The van der Waals surface area contributed by atoms with E-state index in [1.165, 1.54) is 12.1 Å². The number of esters is 1. The van der Waals surface area contributed by atoms with Crippen LogP contribution in [0, 0.1) is 6.92 Å². The minimum atomic E-state index is -4.78. The summed E-state index contributed by atoms with van der Waals surface area (Å²) >= 11 is 0. The number of carbonyl (C=O) groups is 2. The van der Waals surface area contributed by atoms with Crippen molar-refractivity contribution in [1.82, 2.24) is 10.2 Å². The van der Waals surface area contributed by atoms with Crippen molar-refractivity contribution < 1.29 is 32.2 Å². The number of carbonyl (C=O) groups excluding carboxylic acids is 2. The van der Waals surface area contributed by atoms with Crippen LogP contribution in [0.4, 0.5) is 13.2 Å². The number of halogens is 3. The molecule has 9 heteroatoms. The maximum absolute atomic E-state index is 14.4. The van der Waals surface area contributed by atoms with E-state index in [0.717, 1.165) is 5.56 Å². The van der Waals surface area contributed by atoms with E-state index in [0.29, 0.717) is 13.2 Å². The van der Waals surface area contributed by atoms with Crippen molar-refractivity contribution in [3.63, 3.8) is 0 Å². The maximum atomic E-state index is 14.4. The van der Waals surface area contributed by atoms with Gasteiger partial charge in [-0.1, -0.05) is 29.8 Å². The third-order valence-corrected chi connectivity index (χ3v) is 5.18. The van der Waals surface area contributed by atoms with Crippen LogP contribution in [0.1, 0.15) is 24.5 Å². The Kier molecular flexibility index (Phi) is 5.88. The van der Waals surface area contributed by atoms with Gasteiger partial charge in [-0.15, -0.1) is 0 Å². The number of hydrogen-bond acceptors (Lipinski definition) is 5. The van der Waals surface area contributed by atoms with E-state index < -0.39 is 30.0 Å². The van der Waals surface area contributed by atoms with E-state index in [2.05, 4.69) is 5.32 Å². The molecule has 1 saturated heterocycles. The molecule has 1 fully saturated rings. The number of ether oxygens (including phenoxy) is 2. The van der Waals surface area contributed by atoms with E-state index in [1.807, 2.05) is 0 Å². The smallest absolute Gasteiger partial charge is 0.416 e. The molecule has 6 nitrogen and oxygen atoms in total. The number of hydrogen-bond donors (Lipinski definition) is 1. The monoisotopic (exact) mass is 412 g/mol. The Morgan fingerprint density at radius 2 is 1.86 bits per heavy atom. The van der Waals surface area contributed by atoms with Gasteiger partial charge in [0.1, 0.15) is 5.57 Å². The van der Waals surface area contributed by atoms with Crippen LogP contribution in [0.3, 0.4) is 0 Å². The first-order valence-electron chi connectivity index (χ1n) is 9.39. The van der Waals surface area contributed by atoms with E-state index in [1.54, 1.807) is 30.9 Å². The molecular weight excluding hydrogens is 389 g/mol. The van der Waals surface area contributed by atoms with Crippen LogP contribution in [0.25, 0.3) is 0 Å². The Bertz CT molecular complexity index is 814. The predicted octanol–water partition coefficient (Wildman–Crippen LogP) is 2.42. The zero-order valence-corrected chi connectivity index (χ0v) is 16.3. The second kappa shape index (κ2) is 8.06.